The Morgan fingerprint density at radius 3 is 2.52 bits per heavy atom. The van der Waals surface area contributed by atoms with Gasteiger partial charge in [-0.3, -0.25) is 4.79 Å². The normalized spacial score (nSPS) is 10.8. The molecular formula is C22H25FN4O2. The van der Waals surface area contributed by atoms with E-state index in [1.54, 1.807) is 19.1 Å². The maximum Gasteiger partial charge on any atom is 0.227 e. The standard InChI is InChI=1S/C22H25FN4O2/c1-4-27(5-2)18-10-8-17(9-11-18)24-20(28)12-13-21-25-22(26-29-21)16-7-6-15(3)19(23)14-16/h6-11,14H,4-5,12-13H2,1-3H3,(H,24,28). The summed E-state index contributed by atoms with van der Waals surface area (Å²) in [6.45, 7) is 7.78. The van der Waals surface area contributed by atoms with Crippen LogP contribution in [0.4, 0.5) is 15.8 Å². The van der Waals surface area contributed by atoms with Crippen LogP contribution in [0.15, 0.2) is 47.0 Å². The molecule has 1 aromatic heterocycles. The van der Waals surface area contributed by atoms with Crippen molar-refractivity contribution in [2.75, 3.05) is 23.3 Å². The summed E-state index contributed by atoms with van der Waals surface area (Å²) in [5, 5.41) is 6.74. The Balaban J connectivity index is 1.54. The monoisotopic (exact) mass is 396 g/mol. The zero-order chi connectivity index (χ0) is 20.8. The van der Waals surface area contributed by atoms with Crippen molar-refractivity contribution in [2.24, 2.45) is 0 Å². The summed E-state index contributed by atoms with van der Waals surface area (Å²) in [5.41, 5.74) is 2.96. The molecule has 0 aliphatic heterocycles. The number of hydrogen-bond donors (Lipinski definition) is 1. The largest absolute Gasteiger partial charge is 0.372 e. The highest BCUT2D eigenvalue weighted by molar-refractivity contribution is 5.90. The first-order valence-electron chi connectivity index (χ1n) is 9.74. The van der Waals surface area contributed by atoms with Crippen LogP contribution in [0.5, 0.6) is 0 Å². The molecule has 0 saturated heterocycles. The lowest BCUT2D eigenvalue weighted by atomic mass is 10.1. The molecule has 1 N–H and O–H groups in total. The number of carbonyl (C=O) groups is 1. The second-order valence-corrected chi connectivity index (χ2v) is 6.74. The van der Waals surface area contributed by atoms with Gasteiger partial charge in [0.15, 0.2) is 0 Å². The molecule has 1 heterocycles. The first-order valence-corrected chi connectivity index (χ1v) is 9.74. The van der Waals surface area contributed by atoms with Gasteiger partial charge in [-0.2, -0.15) is 4.98 Å². The van der Waals surface area contributed by atoms with Crippen molar-refractivity contribution in [3.05, 3.63) is 59.7 Å². The minimum Gasteiger partial charge on any atom is -0.372 e. The molecule has 0 aliphatic carbocycles. The number of hydrogen-bond acceptors (Lipinski definition) is 5. The van der Waals surface area contributed by atoms with Gasteiger partial charge in [-0.25, -0.2) is 4.39 Å². The van der Waals surface area contributed by atoms with Gasteiger partial charge in [0.25, 0.3) is 0 Å². The van der Waals surface area contributed by atoms with Crippen LogP contribution in [-0.4, -0.2) is 29.1 Å². The van der Waals surface area contributed by atoms with Gasteiger partial charge >= 0.3 is 0 Å². The van der Waals surface area contributed by atoms with Crippen LogP contribution < -0.4 is 10.2 Å². The summed E-state index contributed by atoms with van der Waals surface area (Å²) in [5.74, 6) is 0.196. The molecule has 0 unspecified atom stereocenters. The molecule has 0 fully saturated rings. The maximum absolute atomic E-state index is 13.7. The van der Waals surface area contributed by atoms with Gasteiger partial charge in [0.1, 0.15) is 5.82 Å². The van der Waals surface area contributed by atoms with Crippen LogP contribution in [0, 0.1) is 12.7 Å². The highest BCUT2D eigenvalue weighted by atomic mass is 19.1. The van der Waals surface area contributed by atoms with Gasteiger partial charge in [0.05, 0.1) is 0 Å². The second-order valence-electron chi connectivity index (χ2n) is 6.74. The molecule has 3 rings (SSSR count). The number of amides is 1. The van der Waals surface area contributed by atoms with Crippen molar-refractivity contribution >= 4 is 17.3 Å². The number of aryl methyl sites for hydroxylation is 2. The summed E-state index contributed by atoms with van der Waals surface area (Å²) in [4.78, 5) is 18.7. The number of rotatable bonds is 8. The lowest BCUT2D eigenvalue weighted by molar-refractivity contribution is -0.116. The minimum absolute atomic E-state index is 0.137. The SMILES string of the molecule is CCN(CC)c1ccc(NC(=O)CCc2nc(-c3ccc(C)c(F)c3)no2)cc1. The number of carbonyl (C=O) groups excluding carboxylic acids is 1. The molecule has 1 amide bonds. The maximum atomic E-state index is 13.7. The Morgan fingerprint density at radius 2 is 1.86 bits per heavy atom. The predicted octanol–water partition coefficient (Wildman–Crippen LogP) is 4.60. The van der Waals surface area contributed by atoms with E-state index < -0.39 is 0 Å². The van der Waals surface area contributed by atoms with Gasteiger partial charge in [0.2, 0.25) is 17.6 Å². The molecule has 2 aromatic carbocycles. The topological polar surface area (TPSA) is 71.3 Å². The Morgan fingerprint density at radius 1 is 1.14 bits per heavy atom. The third-order valence-electron chi connectivity index (χ3n) is 4.74. The average molecular weight is 396 g/mol. The fourth-order valence-electron chi connectivity index (χ4n) is 2.99. The molecule has 3 aromatic rings. The third-order valence-corrected chi connectivity index (χ3v) is 4.74. The van der Waals surface area contributed by atoms with E-state index >= 15 is 0 Å². The zero-order valence-electron chi connectivity index (χ0n) is 16.9. The van der Waals surface area contributed by atoms with Crippen molar-refractivity contribution in [1.82, 2.24) is 10.1 Å². The summed E-state index contributed by atoms with van der Waals surface area (Å²) in [6, 6.07) is 12.5. The number of anilines is 2. The average Bonchev–Trinajstić information content (AvgIpc) is 3.20. The van der Waals surface area contributed by atoms with Crippen molar-refractivity contribution in [2.45, 2.75) is 33.6 Å². The van der Waals surface area contributed by atoms with E-state index in [0.717, 1.165) is 24.5 Å². The highest BCUT2D eigenvalue weighted by Crippen LogP contribution is 2.20. The van der Waals surface area contributed by atoms with Gasteiger partial charge in [-0.05, 0) is 56.7 Å². The van der Waals surface area contributed by atoms with Crippen LogP contribution in [0.1, 0.15) is 31.7 Å². The van der Waals surface area contributed by atoms with Gasteiger partial charge in [0, 0.05) is 42.9 Å². The third kappa shape index (κ3) is 5.19. The predicted molar refractivity (Wildman–Crippen MR) is 111 cm³/mol. The molecular weight excluding hydrogens is 371 g/mol. The van der Waals surface area contributed by atoms with E-state index in [1.807, 2.05) is 24.3 Å². The number of aromatic nitrogens is 2. The molecule has 7 heteroatoms. The minimum atomic E-state index is -0.319. The molecule has 0 atom stereocenters. The molecule has 29 heavy (non-hydrogen) atoms. The van der Waals surface area contributed by atoms with E-state index in [0.29, 0.717) is 29.3 Å². The zero-order valence-corrected chi connectivity index (χ0v) is 16.9. The van der Waals surface area contributed by atoms with Crippen LogP contribution in [-0.2, 0) is 11.2 Å². The second kappa shape index (κ2) is 9.32. The number of benzene rings is 2. The van der Waals surface area contributed by atoms with Crippen molar-refractivity contribution in [3.8, 4) is 11.4 Å². The van der Waals surface area contributed by atoms with E-state index in [-0.39, 0.29) is 18.1 Å². The lowest BCUT2D eigenvalue weighted by Gasteiger charge is -2.21. The first-order chi connectivity index (χ1) is 14.0. The van der Waals surface area contributed by atoms with Gasteiger partial charge in [-0.15, -0.1) is 0 Å². The number of nitrogens with one attached hydrogen (secondary N) is 1. The molecule has 0 radical (unpaired) electrons. The number of halogens is 1. The molecule has 0 bridgehead atoms. The van der Waals surface area contributed by atoms with Crippen molar-refractivity contribution in [3.63, 3.8) is 0 Å². The quantitative estimate of drug-likeness (QED) is 0.602. The number of nitrogens with zero attached hydrogens (tertiary/aromatic N) is 3. The first kappa shape index (κ1) is 20.5. The molecule has 6 nitrogen and oxygen atoms in total. The summed E-state index contributed by atoms with van der Waals surface area (Å²) in [7, 11) is 0. The fraction of sp³-hybridized carbons (Fsp3) is 0.318. The van der Waals surface area contributed by atoms with E-state index in [4.69, 9.17) is 4.52 Å². The van der Waals surface area contributed by atoms with Gasteiger partial charge in [-0.1, -0.05) is 17.3 Å². The molecule has 0 spiro atoms. The molecule has 0 saturated carbocycles. The van der Waals surface area contributed by atoms with Crippen LogP contribution in [0.2, 0.25) is 0 Å². The smallest absolute Gasteiger partial charge is 0.227 e. The summed E-state index contributed by atoms with van der Waals surface area (Å²) >= 11 is 0. The summed E-state index contributed by atoms with van der Waals surface area (Å²) in [6.07, 6.45) is 0.520. The highest BCUT2D eigenvalue weighted by Gasteiger charge is 2.12. The fourth-order valence-corrected chi connectivity index (χ4v) is 2.99. The summed E-state index contributed by atoms with van der Waals surface area (Å²) < 4.78 is 18.9. The van der Waals surface area contributed by atoms with Crippen molar-refractivity contribution < 1.29 is 13.7 Å². The Labute approximate surface area is 169 Å². The molecule has 0 aliphatic rings. The van der Waals surface area contributed by atoms with Crippen LogP contribution in [0.3, 0.4) is 0 Å². The van der Waals surface area contributed by atoms with Gasteiger partial charge < -0.3 is 14.7 Å². The Kier molecular flexibility index (Phi) is 6.59. The van der Waals surface area contributed by atoms with E-state index in [1.165, 1.54) is 6.07 Å². The lowest BCUT2D eigenvalue weighted by Crippen LogP contribution is -2.21. The Hall–Kier alpha value is -3.22. The van der Waals surface area contributed by atoms with E-state index in [2.05, 4.69) is 34.2 Å². The van der Waals surface area contributed by atoms with E-state index in [9.17, 15) is 9.18 Å². The van der Waals surface area contributed by atoms with Crippen LogP contribution >= 0.6 is 0 Å². The molecule has 152 valence electrons. The van der Waals surface area contributed by atoms with Crippen LogP contribution in [0.25, 0.3) is 11.4 Å². The van der Waals surface area contributed by atoms with Crippen molar-refractivity contribution in [1.29, 1.82) is 0 Å². The Bertz CT molecular complexity index is 965.